The van der Waals surface area contributed by atoms with Crippen molar-refractivity contribution in [3.05, 3.63) is 177 Å². The number of carbonyl (C=O) groups is 1. The lowest BCUT2D eigenvalue weighted by Crippen LogP contribution is -2.37. The van der Waals surface area contributed by atoms with Gasteiger partial charge < -0.3 is 9.47 Å². The third kappa shape index (κ3) is 5.46. The summed E-state index contributed by atoms with van der Waals surface area (Å²) in [6.07, 6.45) is 3.75. The van der Waals surface area contributed by atoms with Crippen LogP contribution in [0.25, 0.3) is 22.4 Å². The molecule has 9 heteroatoms. The molecule has 0 saturated heterocycles. The summed E-state index contributed by atoms with van der Waals surface area (Å²) in [4.78, 5) is 26.6. The van der Waals surface area contributed by atoms with E-state index in [0.717, 1.165) is 31.4 Å². The Morgan fingerprint density at radius 1 is 0.765 bits per heavy atom. The van der Waals surface area contributed by atoms with Crippen LogP contribution in [0.15, 0.2) is 151 Å². The lowest BCUT2D eigenvalue weighted by molar-refractivity contribution is 0.0996. The molecule has 0 saturated carbocycles. The number of benzene rings is 5. The van der Waals surface area contributed by atoms with Gasteiger partial charge in [-0.3, -0.25) is 4.79 Å². The summed E-state index contributed by atoms with van der Waals surface area (Å²) in [7, 11) is -3.44. The number of amides is 1. The van der Waals surface area contributed by atoms with E-state index in [2.05, 4.69) is 63.6 Å². The second-order valence-corrected chi connectivity index (χ2v) is 16.7. The Morgan fingerprint density at radius 2 is 1.33 bits per heavy atom. The molecule has 0 unspecified atom stereocenters. The zero-order valence-corrected chi connectivity index (χ0v) is 30.9. The molecule has 7 nitrogen and oxygen atoms in total. The standard InChI is InChI=1S/C42H33IN4O3S/c1-28(2)51(49,50)35-22-19-29(20-23-35)37-25-44-40-39(45-37)38(46-26-30-18-21-34(43)24-36(30)41(46)48)27-47(40)42(31-12-6-3-7-13-31,32-14-8-4-9-15-32)33-16-10-5-11-17-33/h3-25,27-28H,26H2,1-2H3. The molecule has 0 atom stereocenters. The van der Waals surface area contributed by atoms with Crippen LogP contribution in [-0.4, -0.2) is 34.1 Å². The van der Waals surface area contributed by atoms with Gasteiger partial charge in [-0.2, -0.15) is 0 Å². The molecular formula is C42H33IN4O3S. The van der Waals surface area contributed by atoms with Crippen LogP contribution in [0.3, 0.4) is 0 Å². The highest BCUT2D eigenvalue weighted by Gasteiger charge is 2.42. The summed E-state index contributed by atoms with van der Waals surface area (Å²) in [5.41, 5.74) is 6.88. The molecule has 8 rings (SSSR count). The Kier molecular flexibility index (Phi) is 8.35. The van der Waals surface area contributed by atoms with Crippen molar-refractivity contribution in [1.29, 1.82) is 0 Å². The smallest absolute Gasteiger partial charge is 0.259 e. The lowest BCUT2D eigenvalue weighted by Gasteiger charge is -2.38. The molecule has 51 heavy (non-hydrogen) atoms. The first-order valence-corrected chi connectivity index (χ1v) is 19.3. The second kappa shape index (κ2) is 12.9. The van der Waals surface area contributed by atoms with Crippen molar-refractivity contribution in [1.82, 2.24) is 14.5 Å². The predicted molar refractivity (Wildman–Crippen MR) is 210 cm³/mol. The van der Waals surface area contributed by atoms with E-state index in [-0.39, 0.29) is 10.8 Å². The Balaban J connectivity index is 1.41. The Labute approximate surface area is 310 Å². The van der Waals surface area contributed by atoms with Crippen molar-refractivity contribution in [3.8, 4) is 11.3 Å². The number of nitrogens with zero attached hydrogens (tertiary/aromatic N) is 4. The first-order chi connectivity index (χ1) is 24.7. The van der Waals surface area contributed by atoms with Gasteiger partial charge in [0.1, 0.15) is 11.1 Å². The van der Waals surface area contributed by atoms with Gasteiger partial charge >= 0.3 is 0 Å². The largest absolute Gasteiger partial charge is 0.310 e. The number of fused-ring (bicyclic) bond motifs is 2. The molecule has 5 aromatic carbocycles. The van der Waals surface area contributed by atoms with Crippen molar-refractivity contribution in [2.24, 2.45) is 0 Å². The molecule has 1 amide bonds. The van der Waals surface area contributed by atoms with Crippen molar-refractivity contribution in [2.45, 2.75) is 36.1 Å². The third-order valence-corrected chi connectivity index (χ3v) is 12.5. The summed E-state index contributed by atoms with van der Waals surface area (Å²) in [5.74, 6) is -0.0947. The Bertz CT molecular complexity index is 2420. The molecule has 7 aromatic rings. The normalized spacial score (nSPS) is 13.3. The van der Waals surface area contributed by atoms with Crippen LogP contribution in [0.1, 0.15) is 46.5 Å². The van der Waals surface area contributed by atoms with Gasteiger partial charge in [-0.15, -0.1) is 0 Å². The van der Waals surface area contributed by atoms with E-state index in [0.29, 0.717) is 34.7 Å². The number of hydrogen-bond donors (Lipinski definition) is 0. The highest BCUT2D eigenvalue weighted by Crippen LogP contribution is 2.45. The minimum absolute atomic E-state index is 0.0947. The fourth-order valence-electron chi connectivity index (χ4n) is 7.08. The van der Waals surface area contributed by atoms with Crippen LogP contribution < -0.4 is 4.90 Å². The molecule has 0 spiro atoms. The maximum Gasteiger partial charge on any atom is 0.259 e. The topological polar surface area (TPSA) is 85.2 Å². The lowest BCUT2D eigenvalue weighted by atomic mass is 9.76. The van der Waals surface area contributed by atoms with Crippen molar-refractivity contribution < 1.29 is 13.2 Å². The number of hydrogen-bond acceptors (Lipinski definition) is 5. The van der Waals surface area contributed by atoms with Crippen LogP contribution in [-0.2, 0) is 21.9 Å². The summed E-state index contributed by atoms with van der Waals surface area (Å²) in [5, 5.41) is -0.536. The Morgan fingerprint density at radius 3 is 1.88 bits per heavy atom. The highest BCUT2D eigenvalue weighted by molar-refractivity contribution is 14.1. The second-order valence-electron chi connectivity index (χ2n) is 12.9. The first-order valence-electron chi connectivity index (χ1n) is 16.7. The maximum absolute atomic E-state index is 14.2. The van der Waals surface area contributed by atoms with Gasteiger partial charge in [0.05, 0.1) is 34.3 Å². The molecule has 2 aromatic heterocycles. The van der Waals surface area contributed by atoms with Crippen molar-refractivity contribution in [3.63, 3.8) is 0 Å². The number of aromatic nitrogens is 3. The third-order valence-electron chi connectivity index (χ3n) is 9.68. The molecule has 0 aliphatic carbocycles. The monoisotopic (exact) mass is 800 g/mol. The van der Waals surface area contributed by atoms with Crippen LogP contribution in [0.5, 0.6) is 0 Å². The average molecular weight is 801 g/mol. The highest BCUT2D eigenvalue weighted by atomic mass is 127. The van der Waals surface area contributed by atoms with E-state index in [1.165, 1.54) is 0 Å². The minimum atomic E-state index is -3.44. The van der Waals surface area contributed by atoms with Gasteiger partial charge in [0.25, 0.3) is 5.91 Å². The van der Waals surface area contributed by atoms with Crippen molar-refractivity contribution >= 4 is 55.2 Å². The van der Waals surface area contributed by atoms with Crippen LogP contribution in [0, 0.1) is 3.57 Å². The number of halogens is 1. The number of carbonyl (C=O) groups excluding carboxylic acids is 1. The summed E-state index contributed by atoms with van der Waals surface area (Å²) in [6, 6.07) is 43.7. The fraction of sp³-hybridized carbons (Fsp3) is 0.119. The minimum Gasteiger partial charge on any atom is -0.310 e. The van der Waals surface area contributed by atoms with E-state index in [1.807, 2.05) is 79.0 Å². The molecule has 0 fully saturated rings. The van der Waals surface area contributed by atoms with E-state index in [9.17, 15) is 13.2 Å². The fourth-order valence-corrected chi connectivity index (χ4v) is 8.63. The van der Waals surface area contributed by atoms with E-state index in [4.69, 9.17) is 9.97 Å². The van der Waals surface area contributed by atoms with Gasteiger partial charge in [-0.1, -0.05) is 109 Å². The zero-order chi connectivity index (χ0) is 35.3. The Hall–Kier alpha value is -5.13. The summed E-state index contributed by atoms with van der Waals surface area (Å²) in [6.45, 7) is 3.74. The van der Waals surface area contributed by atoms with Gasteiger partial charge in [-0.25, -0.2) is 18.4 Å². The summed E-state index contributed by atoms with van der Waals surface area (Å²) >= 11 is 2.24. The molecule has 0 bridgehead atoms. The molecule has 1 aliphatic heterocycles. The van der Waals surface area contributed by atoms with Crippen LogP contribution in [0.2, 0.25) is 0 Å². The maximum atomic E-state index is 14.2. The zero-order valence-electron chi connectivity index (χ0n) is 27.9. The molecule has 0 radical (unpaired) electrons. The first kappa shape index (κ1) is 33.0. The summed E-state index contributed by atoms with van der Waals surface area (Å²) < 4.78 is 28.9. The molecular weight excluding hydrogens is 767 g/mol. The van der Waals surface area contributed by atoms with Crippen LogP contribution in [0.4, 0.5) is 5.69 Å². The van der Waals surface area contributed by atoms with E-state index in [1.54, 1.807) is 49.2 Å². The van der Waals surface area contributed by atoms with Crippen LogP contribution >= 0.6 is 22.6 Å². The van der Waals surface area contributed by atoms with Gasteiger partial charge in [0, 0.05) is 20.9 Å². The van der Waals surface area contributed by atoms with Gasteiger partial charge in [-0.05, 0) is 83.0 Å². The number of rotatable bonds is 8. The average Bonchev–Trinajstić information content (AvgIpc) is 3.70. The molecule has 3 heterocycles. The number of sulfone groups is 1. The van der Waals surface area contributed by atoms with Gasteiger partial charge in [0.15, 0.2) is 15.5 Å². The SMILES string of the molecule is CC(C)S(=O)(=O)c1ccc(-c2cnc3c(n2)c(N2Cc4ccc(I)cc4C2=O)cn3C(c2ccccc2)(c2ccccc2)c2ccccc2)cc1. The van der Waals surface area contributed by atoms with Gasteiger partial charge in [0.2, 0.25) is 0 Å². The molecule has 1 aliphatic rings. The molecule has 252 valence electrons. The quantitative estimate of drug-likeness (QED) is 0.113. The molecule has 0 N–H and O–H groups in total. The number of anilines is 1. The predicted octanol–water partition coefficient (Wildman–Crippen LogP) is 8.89. The van der Waals surface area contributed by atoms with Crippen molar-refractivity contribution in [2.75, 3.05) is 4.90 Å². The van der Waals surface area contributed by atoms with E-state index >= 15 is 0 Å². The van der Waals surface area contributed by atoms with E-state index < -0.39 is 20.6 Å².